The summed E-state index contributed by atoms with van der Waals surface area (Å²) in [7, 11) is -4.10. The van der Waals surface area contributed by atoms with Crippen molar-refractivity contribution in [2.75, 3.05) is 11.4 Å². The second-order valence-corrected chi connectivity index (χ2v) is 11.7. The quantitative estimate of drug-likeness (QED) is 0.409. The predicted molar refractivity (Wildman–Crippen MR) is 144 cm³/mol. The predicted octanol–water partition coefficient (Wildman–Crippen LogP) is 5.22. The van der Waals surface area contributed by atoms with E-state index < -0.39 is 34.6 Å². The van der Waals surface area contributed by atoms with E-state index in [0.29, 0.717) is 22.5 Å². The van der Waals surface area contributed by atoms with Crippen molar-refractivity contribution in [3.05, 3.63) is 89.0 Å². The van der Waals surface area contributed by atoms with Gasteiger partial charge >= 0.3 is 6.18 Å². The van der Waals surface area contributed by atoms with Gasteiger partial charge in [-0.3, -0.25) is 10.1 Å². The van der Waals surface area contributed by atoms with Crippen LogP contribution in [0.4, 0.5) is 18.9 Å². The third kappa shape index (κ3) is 5.12. The van der Waals surface area contributed by atoms with E-state index in [9.17, 15) is 26.4 Å². The van der Waals surface area contributed by atoms with Crippen molar-refractivity contribution in [3.8, 4) is 0 Å². The highest BCUT2D eigenvalue weighted by Gasteiger charge is 2.48. The first-order valence-corrected chi connectivity index (χ1v) is 14.1. The normalized spacial score (nSPS) is 20.4. The minimum absolute atomic E-state index is 0.0303. The van der Waals surface area contributed by atoms with Crippen LogP contribution in [0.25, 0.3) is 0 Å². The van der Waals surface area contributed by atoms with Crippen molar-refractivity contribution in [1.29, 1.82) is 0 Å². The van der Waals surface area contributed by atoms with E-state index in [1.54, 1.807) is 53.6 Å². The monoisotopic (exact) mass is 574 g/mol. The van der Waals surface area contributed by atoms with E-state index in [1.807, 2.05) is 6.92 Å². The molecule has 1 fully saturated rings. The van der Waals surface area contributed by atoms with Crippen molar-refractivity contribution in [2.24, 2.45) is 5.92 Å². The van der Waals surface area contributed by atoms with Crippen LogP contribution in [0.15, 0.2) is 71.5 Å². The van der Waals surface area contributed by atoms with Gasteiger partial charge in [-0.1, -0.05) is 42.0 Å². The van der Waals surface area contributed by atoms with Gasteiger partial charge in [-0.15, -0.1) is 0 Å². The van der Waals surface area contributed by atoms with Crippen LogP contribution in [-0.4, -0.2) is 41.4 Å². The molecule has 5 rings (SSSR count). The molecule has 0 saturated carbocycles. The van der Waals surface area contributed by atoms with Crippen LogP contribution in [0.5, 0.6) is 0 Å². The van der Waals surface area contributed by atoms with Crippen molar-refractivity contribution in [3.63, 3.8) is 0 Å². The molecule has 39 heavy (non-hydrogen) atoms. The highest BCUT2D eigenvalue weighted by atomic mass is 32.2. The first kappa shape index (κ1) is 27.1. The zero-order chi connectivity index (χ0) is 27.9. The molecule has 2 atom stereocenters. The number of carbonyl (C=O) groups excluding carboxylic acids is 1. The number of aromatic amines is 1. The molecule has 2 N–H and O–H groups in total. The van der Waals surface area contributed by atoms with Gasteiger partial charge in [-0.25, -0.2) is 8.42 Å². The van der Waals surface area contributed by atoms with Gasteiger partial charge in [0.1, 0.15) is 5.69 Å². The van der Waals surface area contributed by atoms with E-state index >= 15 is 0 Å². The van der Waals surface area contributed by atoms with E-state index in [2.05, 4.69) is 15.3 Å². The summed E-state index contributed by atoms with van der Waals surface area (Å²) in [6.07, 6.45) is -3.60. The second kappa shape index (κ2) is 10.3. The molecular weight excluding hydrogens is 549 g/mol. The molecule has 0 aliphatic carbocycles. The maximum Gasteiger partial charge on any atom is 0.391 e. The van der Waals surface area contributed by atoms with Crippen LogP contribution in [-0.2, 0) is 16.6 Å². The third-order valence-electron chi connectivity index (χ3n) is 7.23. The molecule has 7 nitrogen and oxygen atoms in total. The average Bonchev–Trinajstić information content (AvgIpc) is 3.41. The van der Waals surface area contributed by atoms with Crippen LogP contribution in [0.2, 0.25) is 0 Å². The van der Waals surface area contributed by atoms with E-state index in [4.69, 9.17) is 12.2 Å². The molecule has 2 aliphatic heterocycles. The van der Waals surface area contributed by atoms with E-state index in [0.717, 1.165) is 5.56 Å². The Morgan fingerprint density at radius 1 is 1.10 bits per heavy atom. The first-order chi connectivity index (χ1) is 18.5. The number of anilines is 1. The van der Waals surface area contributed by atoms with Crippen LogP contribution in [0, 0.1) is 12.8 Å². The Morgan fingerprint density at radius 3 is 2.51 bits per heavy atom. The molecule has 0 spiro atoms. The number of aromatic nitrogens is 1. The Kier molecular flexibility index (Phi) is 7.15. The number of halogens is 3. The second-order valence-electron chi connectivity index (χ2n) is 9.64. The molecule has 0 radical (unpaired) electrons. The minimum Gasteiger partial charge on any atom is -0.355 e. The SMILES string of the molecule is Cc1ccc(S(=O)(=O)N2CC[C@@H](C(F)(F)F)C[C@@H]2c2ccccc2CN2C(=C=S)NC(=O)c3[nH]ccc32)cc1. The zero-order valence-electron chi connectivity index (χ0n) is 20.8. The number of fused-ring (bicyclic) bond motifs is 1. The third-order valence-corrected chi connectivity index (χ3v) is 9.34. The van der Waals surface area contributed by atoms with Crippen molar-refractivity contribution < 1.29 is 26.4 Å². The number of alkyl halides is 3. The maximum atomic E-state index is 13.9. The van der Waals surface area contributed by atoms with Gasteiger partial charge in [-0.05, 0) is 66.3 Å². The molecule has 2 aromatic carbocycles. The molecule has 3 aromatic rings. The van der Waals surface area contributed by atoms with Crippen LogP contribution in [0.1, 0.15) is 46.1 Å². The fraction of sp³-hybridized carbons (Fsp3) is 0.296. The summed E-state index contributed by atoms with van der Waals surface area (Å²) in [6.45, 7) is 1.67. The standard InChI is InChI=1S/C27H25F3N4O3S2/c1-17-6-8-20(9-7-17)39(36,37)34-13-11-19(27(28,29)30)14-23(34)21-5-3-2-4-18(21)15-33-22-10-12-31-25(22)26(35)32-24(33)16-38/h2-10,12,19,23,31H,11,13-15H2,1H3,(H,32,35)/t19-,23-/m1/s1. The number of aryl methyl sites for hydroxylation is 1. The fourth-order valence-corrected chi connectivity index (χ4v) is 6.99. The number of hydrogen-bond acceptors (Lipinski definition) is 5. The summed E-state index contributed by atoms with van der Waals surface area (Å²) in [5.41, 5.74) is 2.76. The number of carbonyl (C=O) groups is 1. The van der Waals surface area contributed by atoms with Gasteiger partial charge in [0.2, 0.25) is 10.0 Å². The number of nitrogens with one attached hydrogen (secondary N) is 2. The maximum absolute atomic E-state index is 13.9. The van der Waals surface area contributed by atoms with E-state index in [1.165, 1.54) is 16.4 Å². The number of amides is 1. The Labute approximate surface area is 229 Å². The Morgan fingerprint density at radius 2 is 1.82 bits per heavy atom. The number of thiocarbonyl (C=S) groups is 1. The van der Waals surface area contributed by atoms with Crippen LogP contribution in [0.3, 0.4) is 0 Å². The van der Waals surface area contributed by atoms with Crippen molar-refractivity contribution in [2.45, 2.75) is 43.4 Å². The van der Waals surface area contributed by atoms with Gasteiger partial charge < -0.3 is 9.88 Å². The van der Waals surface area contributed by atoms with Crippen LogP contribution >= 0.6 is 12.2 Å². The molecule has 0 unspecified atom stereocenters. The lowest BCUT2D eigenvalue weighted by Gasteiger charge is -2.40. The Balaban J connectivity index is 1.58. The summed E-state index contributed by atoms with van der Waals surface area (Å²) < 4.78 is 70.5. The lowest BCUT2D eigenvalue weighted by Crippen LogP contribution is -2.45. The summed E-state index contributed by atoms with van der Waals surface area (Å²) in [4.78, 5) is 17.0. The molecule has 1 saturated heterocycles. The molecule has 3 heterocycles. The minimum atomic E-state index is -4.46. The number of sulfonamides is 1. The summed E-state index contributed by atoms with van der Waals surface area (Å²) in [5.74, 6) is -1.82. The van der Waals surface area contributed by atoms with Gasteiger partial charge in [-0.2, -0.15) is 17.5 Å². The number of benzene rings is 2. The highest BCUT2D eigenvalue weighted by molar-refractivity contribution is 7.89. The molecule has 1 aromatic heterocycles. The Hall–Kier alpha value is -3.44. The largest absolute Gasteiger partial charge is 0.391 e. The molecular formula is C27H25F3N4O3S2. The number of rotatable bonds is 5. The molecule has 1 amide bonds. The van der Waals surface area contributed by atoms with Gasteiger partial charge in [0, 0.05) is 12.7 Å². The lowest BCUT2D eigenvalue weighted by atomic mass is 9.86. The zero-order valence-corrected chi connectivity index (χ0v) is 22.5. The molecule has 2 aliphatic rings. The van der Waals surface area contributed by atoms with E-state index in [-0.39, 0.29) is 36.1 Å². The smallest absolute Gasteiger partial charge is 0.355 e. The summed E-state index contributed by atoms with van der Waals surface area (Å²) in [6, 6.07) is 13.7. The lowest BCUT2D eigenvalue weighted by molar-refractivity contribution is -0.187. The number of nitrogens with zero attached hydrogens (tertiary/aromatic N) is 2. The average molecular weight is 575 g/mol. The summed E-state index contributed by atoms with van der Waals surface area (Å²) >= 11 is 5.00. The first-order valence-electron chi connectivity index (χ1n) is 12.2. The molecule has 0 bridgehead atoms. The van der Waals surface area contributed by atoms with Gasteiger partial charge in [0.25, 0.3) is 5.91 Å². The number of hydrogen-bond donors (Lipinski definition) is 2. The number of H-pyrrole nitrogens is 1. The topological polar surface area (TPSA) is 85.5 Å². The highest BCUT2D eigenvalue weighted by Crippen LogP contribution is 2.45. The number of piperidine rings is 1. The van der Waals surface area contributed by atoms with Crippen molar-refractivity contribution >= 4 is 38.9 Å². The molecule has 12 heteroatoms. The Bertz CT molecular complexity index is 1560. The van der Waals surface area contributed by atoms with Crippen molar-refractivity contribution in [1.82, 2.24) is 14.6 Å². The van der Waals surface area contributed by atoms with Crippen LogP contribution < -0.4 is 10.2 Å². The van der Waals surface area contributed by atoms with Gasteiger partial charge in [0.05, 0.1) is 29.1 Å². The van der Waals surface area contributed by atoms with Gasteiger partial charge in [0.15, 0.2) is 5.82 Å². The summed E-state index contributed by atoms with van der Waals surface area (Å²) in [5, 5.41) is 5.21. The fourth-order valence-electron chi connectivity index (χ4n) is 5.20. The molecule has 204 valence electrons.